The molecule has 1 aliphatic rings. The second-order valence-corrected chi connectivity index (χ2v) is 7.00. The average molecular weight is 377 g/mol. The number of imidazole rings is 1. The Morgan fingerprint density at radius 2 is 1.89 bits per heavy atom. The van der Waals surface area contributed by atoms with Gasteiger partial charge < -0.3 is 20.5 Å². The number of hydrogen-bond donors (Lipinski definition) is 3. The number of carbonyl (C=O) groups excluding carboxylic acids is 2. The number of hydrogen-bond acceptors (Lipinski definition) is 3. The van der Waals surface area contributed by atoms with E-state index in [1.165, 1.54) is 0 Å². The van der Waals surface area contributed by atoms with E-state index in [-0.39, 0.29) is 17.9 Å². The first-order valence-corrected chi connectivity index (χ1v) is 9.51. The van der Waals surface area contributed by atoms with Crippen molar-refractivity contribution in [2.75, 3.05) is 18.4 Å². The first kappa shape index (κ1) is 18.0. The normalized spacial score (nSPS) is 16.7. The topological polar surface area (TPSA) is 90.1 Å². The molecule has 144 valence electrons. The van der Waals surface area contributed by atoms with Crippen molar-refractivity contribution in [3.63, 3.8) is 0 Å². The maximum Gasteiger partial charge on any atom is 0.321 e. The molecule has 0 saturated carbocycles. The van der Waals surface area contributed by atoms with E-state index in [1.54, 1.807) is 4.90 Å². The van der Waals surface area contributed by atoms with Crippen molar-refractivity contribution in [1.29, 1.82) is 0 Å². The molecular formula is C21H23N5O2. The molecule has 1 saturated heterocycles. The van der Waals surface area contributed by atoms with Crippen LogP contribution in [0, 0.1) is 5.92 Å². The number of anilines is 1. The number of piperidine rings is 1. The first-order valence-electron chi connectivity index (χ1n) is 9.51. The number of carbonyl (C=O) groups is 2. The molecule has 3 N–H and O–H groups in total. The van der Waals surface area contributed by atoms with Gasteiger partial charge in [-0.1, -0.05) is 30.3 Å². The summed E-state index contributed by atoms with van der Waals surface area (Å²) in [6.07, 6.45) is 1.59. The third kappa shape index (κ3) is 4.14. The summed E-state index contributed by atoms with van der Waals surface area (Å²) < 4.78 is 0. The molecule has 1 aromatic heterocycles. The Balaban J connectivity index is 1.32. The Labute approximate surface area is 163 Å². The van der Waals surface area contributed by atoms with Crippen molar-refractivity contribution in [1.82, 2.24) is 20.2 Å². The highest BCUT2D eigenvalue weighted by atomic mass is 16.2. The van der Waals surface area contributed by atoms with Gasteiger partial charge in [-0.05, 0) is 37.1 Å². The summed E-state index contributed by atoms with van der Waals surface area (Å²) >= 11 is 0. The molecule has 3 aromatic rings. The fraction of sp³-hybridized carbons (Fsp3) is 0.286. The molecule has 0 spiro atoms. The minimum absolute atomic E-state index is 0.0438. The monoisotopic (exact) mass is 377 g/mol. The third-order valence-electron chi connectivity index (χ3n) is 4.97. The van der Waals surface area contributed by atoms with Crippen molar-refractivity contribution in [2.45, 2.75) is 19.4 Å². The molecule has 7 nitrogen and oxygen atoms in total. The number of nitrogens with zero attached hydrogens (tertiary/aromatic N) is 2. The number of nitrogens with one attached hydrogen (secondary N) is 3. The number of aromatic nitrogens is 2. The van der Waals surface area contributed by atoms with Crippen LogP contribution in [0.2, 0.25) is 0 Å². The van der Waals surface area contributed by atoms with Crippen LogP contribution in [0.4, 0.5) is 10.5 Å². The molecule has 2 aromatic carbocycles. The molecule has 2 heterocycles. The maximum absolute atomic E-state index is 12.6. The summed E-state index contributed by atoms with van der Waals surface area (Å²) in [5.41, 5.74) is 2.59. The lowest BCUT2D eigenvalue weighted by atomic mass is 9.97. The Bertz CT molecular complexity index is 936. The number of fused-ring (bicyclic) bond motifs is 1. The van der Waals surface area contributed by atoms with Gasteiger partial charge in [0, 0.05) is 18.8 Å². The van der Waals surface area contributed by atoms with Crippen LogP contribution < -0.4 is 10.6 Å². The van der Waals surface area contributed by atoms with E-state index in [0.717, 1.165) is 35.4 Å². The van der Waals surface area contributed by atoms with E-state index in [0.29, 0.717) is 19.6 Å². The first-order chi connectivity index (χ1) is 13.7. The van der Waals surface area contributed by atoms with Gasteiger partial charge in [-0.25, -0.2) is 9.78 Å². The van der Waals surface area contributed by atoms with E-state index in [9.17, 15) is 9.59 Å². The standard InChI is InChI=1S/C21H23N5O2/c27-20(22-13-19-24-17-10-4-5-11-18(17)25-19)15-7-6-12-26(14-15)21(28)23-16-8-2-1-3-9-16/h1-5,8-11,15H,6-7,12-14H2,(H,22,27)(H,23,28)(H,24,25). The summed E-state index contributed by atoms with van der Waals surface area (Å²) in [5.74, 6) is 0.473. The molecule has 1 fully saturated rings. The van der Waals surface area contributed by atoms with Gasteiger partial charge in [-0.15, -0.1) is 0 Å². The molecule has 0 aliphatic carbocycles. The highest BCUT2D eigenvalue weighted by molar-refractivity contribution is 5.90. The average Bonchev–Trinajstić information content (AvgIpc) is 3.16. The summed E-state index contributed by atoms with van der Waals surface area (Å²) in [6, 6.07) is 16.9. The van der Waals surface area contributed by atoms with Crippen LogP contribution in [0.25, 0.3) is 11.0 Å². The number of benzene rings is 2. The molecule has 0 bridgehead atoms. The molecule has 0 radical (unpaired) electrons. The Hall–Kier alpha value is -3.35. The fourth-order valence-electron chi connectivity index (χ4n) is 3.50. The molecule has 1 aliphatic heterocycles. The lowest BCUT2D eigenvalue weighted by Gasteiger charge is -2.32. The van der Waals surface area contributed by atoms with Crippen molar-refractivity contribution >= 4 is 28.7 Å². The predicted octanol–water partition coefficient (Wildman–Crippen LogP) is 3.12. The number of rotatable bonds is 4. The highest BCUT2D eigenvalue weighted by Gasteiger charge is 2.28. The predicted molar refractivity (Wildman–Crippen MR) is 108 cm³/mol. The number of para-hydroxylation sites is 3. The minimum atomic E-state index is -0.209. The SMILES string of the molecule is O=C(NCc1nc2ccccc2[nH]1)C1CCCN(C(=O)Nc2ccccc2)C1. The number of urea groups is 1. The molecule has 4 rings (SSSR count). The minimum Gasteiger partial charge on any atom is -0.349 e. The van der Waals surface area contributed by atoms with Crippen LogP contribution in [0.5, 0.6) is 0 Å². The van der Waals surface area contributed by atoms with Gasteiger partial charge in [0.05, 0.1) is 23.5 Å². The Morgan fingerprint density at radius 3 is 2.71 bits per heavy atom. The molecule has 1 unspecified atom stereocenters. The van der Waals surface area contributed by atoms with Crippen molar-refractivity contribution in [3.8, 4) is 0 Å². The zero-order valence-corrected chi connectivity index (χ0v) is 15.5. The van der Waals surface area contributed by atoms with Crippen molar-refractivity contribution in [2.24, 2.45) is 5.92 Å². The van der Waals surface area contributed by atoms with Crippen molar-refractivity contribution in [3.05, 3.63) is 60.4 Å². The summed E-state index contributed by atoms with van der Waals surface area (Å²) in [7, 11) is 0. The second kappa shape index (κ2) is 8.12. The van der Waals surface area contributed by atoms with Gasteiger partial charge in [0.2, 0.25) is 5.91 Å². The summed E-state index contributed by atoms with van der Waals surface area (Å²) in [6.45, 7) is 1.43. The Morgan fingerprint density at radius 1 is 1.11 bits per heavy atom. The van der Waals surface area contributed by atoms with Crippen molar-refractivity contribution < 1.29 is 9.59 Å². The Kier molecular flexibility index (Phi) is 5.23. The van der Waals surface area contributed by atoms with E-state index < -0.39 is 0 Å². The highest BCUT2D eigenvalue weighted by Crippen LogP contribution is 2.18. The zero-order chi connectivity index (χ0) is 19.3. The lowest BCUT2D eigenvalue weighted by molar-refractivity contribution is -0.126. The lowest BCUT2D eigenvalue weighted by Crippen LogP contribution is -2.46. The van der Waals surface area contributed by atoms with Gasteiger partial charge in [0.15, 0.2) is 0 Å². The number of amides is 3. The van der Waals surface area contributed by atoms with Crippen LogP contribution in [-0.2, 0) is 11.3 Å². The van der Waals surface area contributed by atoms with Crippen LogP contribution in [0.15, 0.2) is 54.6 Å². The zero-order valence-electron chi connectivity index (χ0n) is 15.5. The van der Waals surface area contributed by atoms with Gasteiger partial charge in [0.1, 0.15) is 5.82 Å². The summed E-state index contributed by atoms with van der Waals surface area (Å²) in [5, 5.41) is 5.83. The summed E-state index contributed by atoms with van der Waals surface area (Å²) in [4.78, 5) is 34.5. The van der Waals surface area contributed by atoms with Gasteiger partial charge >= 0.3 is 6.03 Å². The van der Waals surface area contributed by atoms with E-state index in [1.807, 2.05) is 54.6 Å². The van der Waals surface area contributed by atoms with E-state index in [4.69, 9.17) is 0 Å². The second-order valence-electron chi connectivity index (χ2n) is 7.00. The maximum atomic E-state index is 12.6. The largest absolute Gasteiger partial charge is 0.349 e. The van der Waals surface area contributed by atoms with Gasteiger partial charge in [-0.2, -0.15) is 0 Å². The molecule has 1 atom stereocenters. The van der Waals surface area contributed by atoms with E-state index >= 15 is 0 Å². The molecule has 3 amide bonds. The number of likely N-dealkylation sites (tertiary alicyclic amines) is 1. The molecular weight excluding hydrogens is 354 g/mol. The molecule has 7 heteroatoms. The fourth-order valence-corrected chi connectivity index (χ4v) is 3.50. The van der Waals surface area contributed by atoms with Gasteiger partial charge in [0.25, 0.3) is 0 Å². The van der Waals surface area contributed by atoms with Crippen LogP contribution >= 0.6 is 0 Å². The molecule has 28 heavy (non-hydrogen) atoms. The quantitative estimate of drug-likeness (QED) is 0.652. The van der Waals surface area contributed by atoms with Gasteiger partial charge in [-0.3, -0.25) is 4.79 Å². The number of H-pyrrole nitrogens is 1. The number of aromatic amines is 1. The van der Waals surface area contributed by atoms with Crippen LogP contribution in [-0.4, -0.2) is 39.9 Å². The van der Waals surface area contributed by atoms with Crippen LogP contribution in [0.1, 0.15) is 18.7 Å². The van der Waals surface area contributed by atoms with Crippen LogP contribution in [0.3, 0.4) is 0 Å². The third-order valence-corrected chi connectivity index (χ3v) is 4.97. The van der Waals surface area contributed by atoms with E-state index in [2.05, 4.69) is 20.6 Å². The smallest absolute Gasteiger partial charge is 0.321 e.